The third kappa shape index (κ3) is 5.49. The molecule has 1 aromatic heterocycles. The number of rotatable bonds is 7. The largest absolute Gasteiger partial charge is 0.485 e. The van der Waals surface area contributed by atoms with Gasteiger partial charge in [0.05, 0.1) is 5.56 Å². The molecule has 134 valence electrons. The quantitative estimate of drug-likeness (QED) is 0.769. The molecule has 2 aromatic rings. The lowest BCUT2D eigenvalue weighted by atomic mass is 10.2. The van der Waals surface area contributed by atoms with Crippen molar-refractivity contribution in [3.63, 3.8) is 0 Å². The van der Waals surface area contributed by atoms with Gasteiger partial charge in [-0.15, -0.1) is 0 Å². The van der Waals surface area contributed by atoms with E-state index in [4.69, 9.17) is 33.7 Å². The second-order valence-electron chi connectivity index (χ2n) is 5.66. The van der Waals surface area contributed by atoms with Crippen LogP contribution in [0.1, 0.15) is 15.9 Å². The molecule has 0 aliphatic carbocycles. The van der Waals surface area contributed by atoms with E-state index in [1.54, 1.807) is 24.3 Å². The highest BCUT2D eigenvalue weighted by Gasteiger charge is 2.12. The number of pyridine rings is 1. The van der Waals surface area contributed by atoms with Crippen LogP contribution in [0.2, 0.25) is 10.0 Å². The molecule has 0 fully saturated rings. The molecule has 0 bridgehead atoms. The zero-order valence-corrected chi connectivity index (χ0v) is 15.6. The first kappa shape index (κ1) is 19.3. The Kier molecular flexibility index (Phi) is 6.87. The van der Waals surface area contributed by atoms with Crippen molar-refractivity contribution in [2.24, 2.45) is 0 Å². The number of likely N-dealkylation sites (N-methyl/N-ethyl adjacent to an activating group) is 1. The maximum absolute atomic E-state index is 12.2. The van der Waals surface area contributed by atoms with Crippen LogP contribution in [-0.4, -0.2) is 43.0 Å². The summed E-state index contributed by atoms with van der Waals surface area (Å²) in [7, 11) is 3.87. The fourth-order valence-corrected chi connectivity index (χ4v) is 2.52. The van der Waals surface area contributed by atoms with Gasteiger partial charge in [0.25, 0.3) is 5.91 Å². The molecule has 8 heteroatoms. The molecule has 0 saturated carbocycles. The topological polar surface area (TPSA) is 80.5 Å². The van der Waals surface area contributed by atoms with Crippen molar-refractivity contribution < 1.29 is 9.53 Å². The maximum atomic E-state index is 12.2. The van der Waals surface area contributed by atoms with E-state index < -0.39 is 0 Å². The number of carbonyl (C=O) groups excluding carboxylic acids is 1. The van der Waals surface area contributed by atoms with E-state index in [9.17, 15) is 4.79 Å². The number of carbonyl (C=O) groups is 1. The Bertz CT molecular complexity index is 733. The molecule has 0 aliphatic rings. The number of nitrogens with zero attached hydrogens (tertiary/aromatic N) is 2. The number of benzene rings is 1. The van der Waals surface area contributed by atoms with Crippen molar-refractivity contribution in [2.45, 2.75) is 6.61 Å². The second-order valence-corrected chi connectivity index (χ2v) is 6.47. The Morgan fingerprint density at radius 3 is 2.64 bits per heavy atom. The van der Waals surface area contributed by atoms with E-state index in [1.165, 1.54) is 6.20 Å². The summed E-state index contributed by atoms with van der Waals surface area (Å²) in [6.45, 7) is 1.39. The molecule has 2 rings (SSSR count). The molecule has 0 unspecified atom stereocenters. The molecule has 0 aliphatic heterocycles. The molecule has 0 spiro atoms. The number of anilines is 1. The monoisotopic (exact) mass is 382 g/mol. The first-order valence-electron chi connectivity index (χ1n) is 7.62. The first-order valence-corrected chi connectivity index (χ1v) is 8.38. The SMILES string of the molecule is CN(C)CCNC(=O)c1cnc(N)c(OCc2c(Cl)cccc2Cl)c1. The highest BCUT2D eigenvalue weighted by molar-refractivity contribution is 6.35. The van der Waals surface area contributed by atoms with E-state index in [-0.39, 0.29) is 18.3 Å². The highest BCUT2D eigenvalue weighted by Crippen LogP contribution is 2.27. The van der Waals surface area contributed by atoms with E-state index in [2.05, 4.69) is 10.3 Å². The van der Waals surface area contributed by atoms with Gasteiger partial charge in [-0.1, -0.05) is 29.3 Å². The lowest BCUT2D eigenvalue weighted by Crippen LogP contribution is -2.31. The van der Waals surface area contributed by atoms with Crippen molar-refractivity contribution in [3.8, 4) is 5.75 Å². The molecule has 3 N–H and O–H groups in total. The number of halogens is 2. The van der Waals surface area contributed by atoms with Crippen LogP contribution in [0.5, 0.6) is 5.75 Å². The minimum Gasteiger partial charge on any atom is -0.485 e. The summed E-state index contributed by atoms with van der Waals surface area (Å²) in [6.07, 6.45) is 1.41. The minimum atomic E-state index is -0.241. The maximum Gasteiger partial charge on any atom is 0.253 e. The van der Waals surface area contributed by atoms with Gasteiger partial charge < -0.3 is 20.7 Å². The lowest BCUT2D eigenvalue weighted by molar-refractivity contribution is 0.0950. The van der Waals surface area contributed by atoms with Crippen LogP contribution in [0.4, 0.5) is 5.82 Å². The predicted molar refractivity (Wildman–Crippen MR) is 100 cm³/mol. The number of nitrogen functional groups attached to an aromatic ring is 1. The van der Waals surface area contributed by atoms with Crippen LogP contribution in [0, 0.1) is 0 Å². The van der Waals surface area contributed by atoms with Gasteiger partial charge in [-0.25, -0.2) is 4.98 Å². The predicted octanol–water partition coefficient (Wildman–Crippen LogP) is 2.84. The summed E-state index contributed by atoms with van der Waals surface area (Å²) in [5, 5.41) is 3.80. The smallest absolute Gasteiger partial charge is 0.253 e. The van der Waals surface area contributed by atoms with Gasteiger partial charge in [0.15, 0.2) is 11.6 Å². The Hall–Kier alpha value is -2.02. The summed E-state index contributed by atoms with van der Waals surface area (Å²) in [5.41, 5.74) is 6.84. The van der Waals surface area contributed by atoms with Crippen LogP contribution >= 0.6 is 23.2 Å². The normalized spacial score (nSPS) is 10.8. The zero-order valence-electron chi connectivity index (χ0n) is 14.1. The lowest BCUT2D eigenvalue weighted by Gasteiger charge is -2.13. The van der Waals surface area contributed by atoms with Gasteiger partial charge in [0.2, 0.25) is 0 Å². The summed E-state index contributed by atoms with van der Waals surface area (Å²) < 4.78 is 5.67. The number of ether oxygens (including phenoxy) is 1. The van der Waals surface area contributed by atoms with Crippen LogP contribution in [-0.2, 0) is 6.61 Å². The molecular formula is C17H20Cl2N4O2. The van der Waals surface area contributed by atoms with Crippen LogP contribution in [0.25, 0.3) is 0 Å². The van der Waals surface area contributed by atoms with Crippen LogP contribution in [0.3, 0.4) is 0 Å². The molecule has 0 radical (unpaired) electrons. The van der Waals surface area contributed by atoms with E-state index >= 15 is 0 Å². The van der Waals surface area contributed by atoms with Gasteiger partial charge in [-0.3, -0.25) is 4.79 Å². The van der Waals surface area contributed by atoms with Crippen molar-refractivity contribution in [1.29, 1.82) is 0 Å². The summed E-state index contributed by atoms with van der Waals surface area (Å²) in [4.78, 5) is 18.2. The molecular weight excluding hydrogens is 363 g/mol. The van der Waals surface area contributed by atoms with E-state index in [0.717, 1.165) is 6.54 Å². The number of hydrogen-bond donors (Lipinski definition) is 2. The molecule has 1 heterocycles. The fourth-order valence-electron chi connectivity index (χ4n) is 2.01. The van der Waals surface area contributed by atoms with Gasteiger partial charge >= 0.3 is 0 Å². The molecule has 0 atom stereocenters. The Morgan fingerprint density at radius 1 is 1.32 bits per heavy atom. The summed E-state index contributed by atoms with van der Waals surface area (Å²) in [5.74, 6) is 0.249. The second kappa shape index (κ2) is 8.89. The van der Waals surface area contributed by atoms with Crippen molar-refractivity contribution in [1.82, 2.24) is 15.2 Å². The number of nitrogens with one attached hydrogen (secondary N) is 1. The minimum absolute atomic E-state index is 0.121. The van der Waals surface area contributed by atoms with Crippen molar-refractivity contribution >= 4 is 34.9 Å². The average molecular weight is 383 g/mol. The molecule has 1 aromatic carbocycles. The van der Waals surface area contributed by atoms with Gasteiger partial charge in [-0.2, -0.15) is 0 Å². The third-order valence-electron chi connectivity index (χ3n) is 3.42. The van der Waals surface area contributed by atoms with E-state index in [0.29, 0.717) is 33.5 Å². The zero-order chi connectivity index (χ0) is 18.4. The molecule has 25 heavy (non-hydrogen) atoms. The summed E-state index contributed by atoms with van der Waals surface area (Å²) in [6, 6.07) is 6.76. The van der Waals surface area contributed by atoms with Gasteiger partial charge in [0.1, 0.15) is 6.61 Å². The Balaban J connectivity index is 2.07. The van der Waals surface area contributed by atoms with Crippen LogP contribution in [0.15, 0.2) is 30.5 Å². The standard InChI is InChI=1S/C17H20Cl2N4O2/c1-23(2)7-6-21-17(24)11-8-15(16(20)22-9-11)25-10-12-13(18)4-3-5-14(12)19/h3-5,8-9H,6-7,10H2,1-2H3,(H2,20,22)(H,21,24). The Labute approximate surface area is 156 Å². The molecule has 1 amide bonds. The first-order chi connectivity index (χ1) is 11.9. The third-order valence-corrected chi connectivity index (χ3v) is 4.13. The molecule has 6 nitrogen and oxygen atoms in total. The summed E-state index contributed by atoms with van der Waals surface area (Å²) >= 11 is 12.2. The van der Waals surface area contributed by atoms with E-state index in [1.807, 2.05) is 19.0 Å². The van der Waals surface area contributed by atoms with Gasteiger partial charge in [0, 0.05) is 34.9 Å². The van der Waals surface area contributed by atoms with Crippen LogP contribution < -0.4 is 15.8 Å². The highest BCUT2D eigenvalue weighted by atomic mass is 35.5. The number of aromatic nitrogens is 1. The van der Waals surface area contributed by atoms with Crippen molar-refractivity contribution in [3.05, 3.63) is 51.6 Å². The fraction of sp³-hybridized carbons (Fsp3) is 0.294. The van der Waals surface area contributed by atoms with Crippen molar-refractivity contribution in [2.75, 3.05) is 32.9 Å². The number of amides is 1. The number of nitrogens with two attached hydrogens (primary N) is 1. The van der Waals surface area contributed by atoms with Gasteiger partial charge in [-0.05, 0) is 32.3 Å². The number of hydrogen-bond acceptors (Lipinski definition) is 5. The Morgan fingerprint density at radius 2 is 2.00 bits per heavy atom. The molecule has 0 saturated heterocycles. The average Bonchev–Trinajstić information content (AvgIpc) is 2.55.